The van der Waals surface area contributed by atoms with E-state index >= 15 is 0 Å². The molecule has 0 aliphatic rings. The summed E-state index contributed by atoms with van der Waals surface area (Å²) in [7, 11) is 0. The zero-order valence-corrected chi connectivity index (χ0v) is 8.14. The van der Waals surface area contributed by atoms with Crippen molar-refractivity contribution in [2.45, 2.75) is 19.8 Å². The van der Waals surface area contributed by atoms with Gasteiger partial charge in [0.25, 0.3) is 5.92 Å². The molecule has 78 valence electrons. The average Bonchev–Trinajstić information content (AvgIpc) is 2.06. The number of halogens is 2. The lowest BCUT2D eigenvalue weighted by Crippen LogP contribution is -2.23. The number of nitrogens with zero attached hydrogens (tertiary/aromatic N) is 1. The first-order chi connectivity index (χ1) is 6.38. The summed E-state index contributed by atoms with van der Waals surface area (Å²) < 4.78 is 24.9. The third-order valence-electron chi connectivity index (χ3n) is 1.73. The van der Waals surface area contributed by atoms with E-state index in [0.29, 0.717) is 11.5 Å². The Morgan fingerprint density at radius 3 is 2.71 bits per heavy atom. The maximum Gasteiger partial charge on any atom is 0.262 e. The minimum absolute atomic E-state index is 0.415. The van der Waals surface area contributed by atoms with Gasteiger partial charge < -0.3 is 11.1 Å². The normalized spacial score (nSPS) is 11.4. The van der Waals surface area contributed by atoms with Gasteiger partial charge in [-0.3, -0.25) is 0 Å². The number of anilines is 2. The van der Waals surface area contributed by atoms with Crippen molar-refractivity contribution in [2.75, 3.05) is 17.6 Å². The molecular weight excluding hydrogens is 188 g/mol. The summed E-state index contributed by atoms with van der Waals surface area (Å²) in [4.78, 5) is 3.87. The molecule has 0 bridgehead atoms. The molecule has 0 aliphatic carbocycles. The molecule has 0 spiro atoms. The highest BCUT2D eigenvalue weighted by Crippen LogP contribution is 2.16. The van der Waals surface area contributed by atoms with Gasteiger partial charge in [0.05, 0.1) is 18.4 Å². The van der Waals surface area contributed by atoms with Crippen LogP contribution in [0.5, 0.6) is 0 Å². The van der Waals surface area contributed by atoms with Crippen molar-refractivity contribution >= 4 is 11.5 Å². The summed E-state index contributed by atoms with van der Waals surface area (Å²) in [5.41, 5.74) is 6.91. The van der Waals surface area contributed by atoms with E-state index in [1.54, 1.807) is 13.0 Å². The first-order valence-corrected chi connectivity index (χ1v) is 4.22. The van der Waals surface area contributed by atoms with E-state index in [4.69, 9.17) is 5.73 Å². The number of nitrogens with one attached hydrogen (secondary N) is 1. The zero-order chi connectivity index (χ0) is 10.8. The van der Waals surface area contributed by atoms with Gasteiger partial charge in [-0.25, -0.2) is 13.8 Å². The van der Waals surface area contributed by atoms with Crippen molar-refractivity contribution in [3.05, 3.63) is 17.8 Å². The van der Waals surface area contributed by atoms with E-state index in [0.717, 1.165) is 12.5 Å². The van der Waals surface area contributed by atoms with Crippen LogP contribution in [0.15, 0.2) is 12.3 Å². The Hall–Kier alpha value is -1.39. The van der Waals surface area contributed by atoms with Crippen molar-refractivity contribution < 1.29 is 8.78 Å². The van der Waals surface area contributed by atoms with Gasteiger partial charge in [-0.05, 0) is 18.6 Å². The predicted octanol–water partition coefficient (Wildman–Crippen LogP) is 2.04. The van der Waals surface area contributed by atoms with Crippen LogP contribution in [0.4, 0.5) is 20.3 Å². The number of nitrogens with two attached hydrogens (primary N) is 1. The lowest BCUT2D eigenvalue weighted by molar-refractivity contribution is 0.0367. The summed E-state index contributed by atoms with van der Waals surface area (Å²) in [6, 6.07) is 1.64. The number of pyridine rings is 1. The van der Waals surface area contributed by atoms with Crippen molar-refractivity contribution in [1.29, 1.82) is 0 Å². The van der Waals surface area contributed by atoms with E-state index in [9.17, 15) is 8.78 Å². The molecule has 3 N–H and O–H groups in total. The Morgan fingerprint density at radius 2 is 2.21 bits per heavy atom. The SMILES string of the molecule is Cc1cc(NCC(C)(F)F)ncc1N. The van der Waals surface area contributed by atoms with Crippen LogP contribution < -0.4 is 11.1 Å². The minimum atomic E-state index is -2.74. The van der Waals surface area contributed by atoms with Gasteiger partial charge in [-0.15, -0.1) is 0 Å². The lowest BCUT2D eigenvalue weighted by atomic mass is 10.2. The van der Waals surface area contributed by atoms with E-state index in [1.165, 1.54) is 6.20 Å². The summed E-state index contributed by atoms with van der Waals surface area (Å²) in [6.45, 7) is 2.22. The fourth-order valence-electron chi connectivity index (χ4n) is 0.909. The molecule has 1 heterocycles. The smallest absolute Gasteiger partial charge is 0.262 e. The molecule has 14 heavy (non-hydrogen) atoms. The van der Waals surface area contributed by atoms with Crippen LogP contribution in [0.1, 0.15) is 12.5 Å². The monoisotopic (exact) mass is 201 g/mol. The Labute approximate surface area is 81.3 Å². The lowest BCUT2D eigenvalue weighted by Gasteiger charge is -2.12. The summed E-state index contributed by atoms with van der Waals surface area (Å²) in [6.07, 6.45) is 1.45. The third-order valence-corrected chi connectivity index (χ3v) is 1.73. The molecule has 0 fully saturated rings. The van der Waals surface area contributed by atoms with Gasteiger partial charge >= 0.3 is 0 Å². The van der Waals surface area contributed by atoms with Crippen LogP contribution in [0.3, 0.4) is 0 Å². The Morgan fingerprint density at radius 1 is 1.57 bits per heavy atom. The quantitative estimate of drug-likeness (QED) is 0.786. The van der Waals surface area contributed by atoms with Crippen molar-refractivity contribution in [3.8, 4) is 0 Å². The maximum atomic E-state index is 12.5. The molecule has 0 amide bonds. The van der Waals surface area contributed by atoms with Crippen LogP contribution in [0.25, 0.3) is 0 Å². The van der Waals surface area contributed by atoms with Gasteiger partial charge in [-0.2, -0.15) is 0 Å². The van der Waals surface area contributed by atoms with Gasteiger partial charge in [0.1, 0.15) is 5.82 Å². The summed E-state index contributed by atoms with van der Waals surface area (Å²) in [5, 5.41) is 2.54. The summed E-state index contributed by atoms with van der Waals surface area (Å²) >= 11 is 0. The molecule has 1 rings (SSSR count). The standard InChI is InChI=1S/C9H13F2N3/c1-6-3-8(13-4-7(6)12)14-5-9(2,10)11/h3-4H,5,12H2,1-2H3,(H,13,14). The topological polar surface area (TPSA) is 50.9 Å². The fourth-order valence-corrected chi connectivity index (χ4v) is 0.909. The molecular formula is C9H13F2N3. The van der Waals surface area contributed by atoms with Crippen molar-refractivity contribution in [2.24, 2.45) is 0 Å². The van der Waals surface area contributed by atoms with Gasteiger partial charge in [0, 0.05) is 6.92 Å². The van der Waals surface area contributed by atoms with Gasteiger partial charge in [0.2, 0.25) is 0 Å². The first kappa shape index (κ1) is 10.7. The molecule has 0 atom stereocenters. The largest absolute Gasteiger partial charge is 0.397 e. The summed E-state index contributed by atoms with van der Waals surface area (Å²) in [5.74, 6) is -2.32. The highest BCUT2D eigenvalue weighted by atomic mass is 19.3. The molecule has 3 nitrogen and oxygen atoms in total. The second-order valence-corrected chi connectivity index (χ2v) is 3.35. The highest BCUT2D eigenvalue weighted by Gasteiger charge is 2.20. The second kappa shape index (κ2) is 3.77. The molecule has 0 radical (unpaired) electrons. The Bertz CT molecular complexity index is 320. The molecule has 5 heteroatoms. The second-order valence-electron chi connectivity index (χ2n) is 3.35. The van der Waals surface area contributed by atoms with E-state index in [2.05, 4.69) is 10.3 Å². The van der Waals surface area contributed by atoms with E-state index in [1.807, 2.05) is 0 Å². The number of alkyl halides is 2. The number of hydrogen-bond donors (Lipinski definition) is 2. The highest BCUT2D eigenvalue weighted by molar-refractivity contribution is 5.50. The van der Waals surface area contributed by atoms with Crippen LogP contribution in [0.2, 0.25) is 0 Å². The van der Waals surface area contributed by atoms with Gasteiger partial charge in [-0.1, -0.05) is 0 Å². The molecule has 1 aromatic heterocycles. The number of aryl methyl sites for hydroxylation is 1. The van der Waals surface area contributed by atoms with Crippen LogP contribution in [-0.2, 0) is 0 Å². The molecule has 1 aromatic rings. The molecule has 0 saturated heterocycles. The molecule has 0 aliphatic heterocycles. The fraction of sp³-hybridized carbons (Fsp3) is 0.444. The van der Waals surface area contributed by atoms with E-state index in [-0.39, 0.29) is 0 Å². The third kappa shape index (κ3) is 3.16. The van der Waals surface area contributed by atoms with E-state index < -0.39 is 12.5 Å². The predicted molar refractivity (Wildman–Crippen MR) is 52.5 cm³/mol. The zero-order valence-electron chi connectivity index (χ0n) is 8.14. The van der Waals surface area contributed by atoms with Crippen molar-refractivity contribution in [3.63, 3.8) is 0 Å². The number of hydrogen-bond acceptors (Lipinski definition) is 3. The minimum Gasteiger partial charge on any atom is -0.397 e. The molecule has 0 unspecified atom stereocenters. The number of aromatic nitrogens is 1. The molecule has 0 saturated carbocycles. The van der Waals surface area contributed by atoms with Crippen LogP contribution in [0, 0.1) is 6.92 Å². The molecule has 0 aromatic carbocycles. The number of rotatable bonds is 3. The average molecular weight is 201 g/mol. The Balaban J connectivity index is 2.65. The van der Waals surface area contributed by atoms with Crippen LogP contribution >= 0.6 is 0 Å². The van der Waals surface area contributed by atoms with Crippen molar-refractivity contribution in [1.82, 2.24) is 4.98 Å². The number of nitrogen functional groups attached to an aromatic ring is 1. The van der Waals surface area contributed by atoms with Gasteiger partial charge in [0.15, 0.2) is 0 Å². The first-order valence-electron chi connectivity index (χ1n) is 4.22. The Kier molecular flexibility index (Phi) is 2.88. The maximum absolute atomic E-state index is 12.5. The van der Waals surface area contributed by atoms with Crippen LogP contribution in [-0.4, -0.2) is 17.5 Å².